The fourth-order valence-electron chi connectivity index (χ4n) is 0.916. The number of nitrogens with zero attached hydrogens (tertiary/aromatic N) is 2. The van der Waals surface area contributed by atoms with Crippen LogP contribution in [0.15, 0.2) is 0 Å². The first-order valence-electron chi connectivity index (χ1n) is 4.25. The van der Waals surface area contributed by atoms with Gasteiger partial charge in [-0.05, 0) is 19.3 Å². The molecule has 0 amide bonds. The van der Waals surface area contributed by atoms with Gasteiger partial charge in [0.15, 0.2) is 0 Å². The number of hydrogen-bond donors (Lipinski definition) is 1. The molecule has 0 aliphatic heterocycles. The second-order valence-electron chi connectivity index (χ2n) is 2.69. The summed E-state index contributed by atoms with van der Waals surface area (Å²) in [6, 6.07) is 0. The van der Waals surface area contributed by atoms with Crippen LogP contribution < -0.4 is 0 Å². The largest absolute Gasteiger partial charge is 0.396 e. The molecule has 0 heterocycles. The zero-order valence-corrected chi connectivity index (χ0v) is 7.90. The zero-order chi connectivity index (χ0) is 11.7. The lowest BCUT2D eigenvalue weighted by atomic mass is 10.2. The topological polar surface area (TPSA) is 125 Å². The van der Waals surface area contributed by atoms with Crippen molar-refractivity contribution in [2.24, 2.45) is 0 Å². The van der Waals surface area contributed by atoms with Gasteiger partial charge in [0.05, 0.1) is 0 Å². The van der Waals surface area contributed by atoms with Crippen LogP contribution in [0.3, 0.4) is 0 Å². The number of hydrogen-bond acceptors (Lipinski definition) is 7. The van der Waals surface area contributed by atoms with Crippen LogP contribution in [0.1, 0.15) is 19.3 Å². The van der Waals surface area contributed by atoms with Crippen LogP contribution >= 0.6 is 0 Å². The summed E-state index contributed by atoms with van der Waals surface area (Å²) < 4.78 is 0. The molecule has 0 spiro atoms. The highest BCUT2D eigenvalue weighted by Crippen LogP contribution is 2.05. The molecular formula is C6H12N2O7. The van der Waals surface area contributed by atoms with E-state index >= 15 is 0 Å². The van der Waals surface area contributed by atoms with Crippen molar-refractivity contribution in [1.82, 2.24) is 0 Å². The standard InChI is InChI=1S/C6H12N2O7/c9-4-2-1-3-6(15-8(12)13)5-14-7(10)11/h6,9H,1-5H2. The lowest BCUT2D eigenvalue weighted by molar-refractivity contribution is -0.790. The van der Waals surface area contributed by atoms with Crippen molar-refractivity contribution < 1.29 is 25.0 Å². The third kappa shape index (κ3) is 8.68. The molecule has 1 atom stereocenters. The fourth-order valence-corrected chi connectivity index (χ4v) is 0.916. The molecule has 0 aliphatic rings. The Kier molecular flexibility index (Phi) is 6.89. The summed E-state index contributed by atoms with van der Waals surface area (Å²) in [6.07, 6.45) is 0.165. The Morgan fingerprint density at radius 3 is 2.33 bits per heavy atom. The molecule has 0 aromatic heterocycles. The van der Waals surface area contributed by atoms with E-state index in [2.05, 4.69) is 9.68 Å². The molecule has 9 heteroatoms. The Hall–Kier alpha value is -1.64. The summed E-state index contributed by atoms with van der Waals surface area (Å²) in [4.78, 5) is 28.0. The maximum absolute atomic E-state index is 10.00. The molecule has 0 aliphatic carbocycles. The van der Waals surface area contributed by atoms with Gasteiger partial charge >= 0.3 is 0 Å². The molecular weight excluding hydrogens is 212 g/mol. The van der Waals surface area contributed by atoms with Crippen LogP contribution in [0, 0.1) is 20.2 Å². The third-order valence-corrected chi connectivity index (χ3v) is 1.54. The van der Waals surface area contributed by atoms with Gasteiger partial charge in [-0.1, -0.05) is 0 Å². The van der Waals surface area contributed by atoms with E-state index in [4.69, 9.17) is 5.11 Å². The molecule has 0 fully saturated rings. The predicted molar refractivity (Wildman–Crippen MR) is 45.8 cm³/mol. The number of rotatable bonds is 9. The second-order valence-corrected chi connectivity index (χ2v) is 2.69. The van der Waals surface area contributed by atoms with Crippen molar-refractivity contribution in [1.29, 1.82) is 0 Å². The van der Waals surface area contributed by atoms with Crippen LogP contribution in [0.2, 0.25) is 0 Å². The lowest BCUT2D eigenvalue weighted by Gasteiger charge is -2.12. The van der Waals surface area contributed by atoms with E-state index in [0.717, 1.165) is 0 Å². The van der Waals surface area contributed by atoms with Crippen LogP contribution in [-0.4, -0.2) is 34.6 Å². The fraction of sp³-hybridized carbons (Fsp3) is 1.00. The summed E-state index contributed by atoms with van der Waals surface area (Å²) in [6.45, 7) is -0.527. The number of unbranched alkanes of at least 4 members (excludes halogenated alkanes) is 1. The summed E-state index contributed by atoms with van der Waals surface area (Å²) in [7, 11) is 0. The van der Waals surface area contributed by atoms with Crippen LogP contribution in [0.5, 0.6) is 0 Å². The molecule has 88 valence electrons. The molecule has 0 aromatic carbocycles. The minimum Gasteiger partial charge on any atom is -0.396 e. The average molecular weight is 224 g/mol. The molecule has 0 saturated heterocycles. The van der Waals surface area contributed by atoms with Gasteiger partial charge in [-0.15, -0.1) is 20.2 Å². The van der Waals surface area contributed by atoms with Gasteiger partial charge in [-0.25, -0.2) is 0 Å². The van der Waals surface area contributed by atoms with Gasteiger partial charge in [0, 0.05) is 6.61 Å². The highest BCUT2D eigenvalue weighted by molar-refractivity contribution is 4.54. The smallest absolute Gasteiger partial charge is 0.294 e. The first kappa shape index (κ1) is 13.4. The molecule has 1 unspecified atom stereocenters. The monoisotopic (exact) mass is 224 g/mol. The Bertz CT molecular complexity index is 210. The molecule has 0 saturated carbocycles. The van der Waals surface area contributed by atoms with Crippen LogP contribution in [0.25, 0.3) is 0 Å². The van der Waals surface area contributed by atoms with Crippen LogP contribution in [-0.2, 0) is 9.68 Å². The number of aliphatic hydroxyl groups is 1. The van der Waals surface area contributed by atoms with Gasteiger partial charge in [0.1, 0.15) is 12.7 Å². The first-order valence-corrected chi connectivity index (χ1v) is 4.25. The van der Waals surface area contributed by atoms with Crippen molar-refractivity contribution in [3.63, 3.8) is 0 Å². The Morgan fingerprint density at radius 2 is 1.87 bits per heavy atom. The van der Waals surface area contributed by atoms with E-state index in [9.17, 15) is 20.2 Å². The Morgan fingerprint density at radius 1 is 1.20 bits per heavy atom. The maximum atomic E-state index is 10.00. The van der Waals surface area contributed by atoms with E-state index < -0.39 is 22.9 Å². The van der Waals surface area contributed by atoms with Crippen molar-refractivity contribution in [3.05, 3.63) is 20.2 Å². The van der Waals surface area contributed by atoms with E-state index in [-0.39, 0.29) is 13.0 Å². The zero-order valence-electron chi connectivity index (χ0n) is 7.90. The summed E-state index contributed by atoms with van der Waals surface area (Å²) in [5, 5.41) is 26.2. The Balaban J connectivity index is 3.83. The predicted octanol–water partition coefficient (Wildman–Crippen LogP) is -0.0658. The van der Waals surface area contributed by atoms with Gasteiger partial charge in [-0.3, -0.25) is 0 Å². The lowest BCUT2D eigenvalue weighted by Crippen LogP contribution is -2.24. The van der Waals surface area contributed by atoms with E-state index in [1.807, 2.05) is 0 Å². The highest BCUT2D eigenvalue weighted by Gasteiger charge is 2.14. The molecule has 0 bridgehead atoms. The minimum atomic E-state index is -1.04. The van der Waals surface area contributed by atoms with Gasteiger partial charge in [-0.2, -0.15) is 0 Å². The quantitative estimate of drug-likeness (QED) is 0.330. The van der Waals surface area contributed by atoms with Gasteiger partial charge in [0.25, 0.3) is 10.2 Å². The summed E-state index contributed by atoms with van der Waals surface area (Å²) in [5.41, 5.74) is 0. The Labute approximate surface area is 84.8 Å². The molecule has 0 aromatic rings. The summed E-state index contributed by atoms with van der Waals surface area (Å²) in [5.74, 6) is 0. The van der Waals surface area contributed by atoms with E-state index in [1.54, 1.807) is 0 Å². The van der Waals surface area contributed by atoms with Crippen molar-refractivity contribution in [2.45, 2.75) is 25.4 Å². The van der Waals surface area contributed by atoms with Crippen molar-refractivity contribution in [2.75, 3.05) is 13.2 Å². The average Bonchev–Trinajstić information content (AvgIpc) is 2.13. The molecule has 0 radical (unpaired) electrons. The molecule has 1 N–H and O–H groups in total. The third-order valence-electron chi connectivity index (χ3n) is 1.54. The van der Waals surface area contributed by atoms with Crippen molar-refractivity contribution >= 4 is 0 Å². The van der Waals surface area contributed by atoms with Crippen LogP contribution in [0.4, 0.5) is 0 Å². The molecule has 0 rings (SSSR count). The molecule has 9 nitrogen and oxygen atoms in total. The highest BCUT2D eigenvalue weighted by atomic mass is 17.0. The number of aliphatic hydroxyl groups excluding tert-OH is 1. The minimum absolute atomic E-state index is 0.0404. The SMILES string of the molecule is O=[N+]([O-])OCC(CCCCO)O[N+](=O)[O-]. The second kappa shape index (κ2) is 7.74. The van der Waals surface area contributed by atoms with Crippen molar-refractivity contribution in [3.8, 4) is 0 Å². The van der Waals surface area contributed by atoms with E-state index in [1.165, 1.54) is 0 Å². The summed E-state index contributed by atoms with van der Waals surface area (Å²) >= 11 is 0. The van der Waals surface area contributed by atoms with Gasteiger partial charge in [0.2, 0.25) is 0 Å². The maximum Gasteiger partial charge on any atom is 0.294 e. The van der Waals surface area contributed by atoms with E-state index in [0.29, 0.717) is 12.8 Å². The first-order chi connectivity index (χ1) is 7.06. The normalized spacial score (nSPS) is 11.8. The molecule has 15 heavy (non-hydrogen) atoms. The van der Waals surface area contributed by atoms with Gasteiger partial charge < -0.3 is 14.8 Å².